The highest BCUT2D eigenvalue weighted by Crippen LogP contribution is 2.31. The maximum atomic E-state index is 11.6. The normalized spacial score (nSPS) is 16.6. The van der Waals surface area contributed by atoms with Crippen molar-refractivity contribution in [2.45, 2.75) is 38.5 Å². The first-order valence-corrected chi connectivity index (χ1v) is 6.73. The van der Waals surface area contributed by atoms with Crippen LogP contribution in [0.15, 0.2) is 18.2 Å². The molecule has 1 unspecified atom stereocenters. The van der Waals surface area contributed by atoms with Gasteiger partial charge in [0.25, 0.3) is 0 Å². The van der Waals surface area contributed by atoms with Crippen molar-refractivity contribution in [3.63, 3.8) is 0 Å². The van der Waals surface area contributed by atoms with Gasteiger partial charge in [-0.15, -0.1) is 0 Å². The van der Waals surface area contributed by atoms with E-state index in [1.165, 1.54) is 11.1 Å². The van der Waals surface area contributed by atoms with Crippen LogP contribution >= 0.6 is 0 Å². The zero-order valence-corrected chi connectivity index (χ0v) is 11.3. The molecule has 1 aliphatic heterocycles. The molecule has 98 valence electrons. The molecule has 0 saturated carbocycles. The van der Waals surface area contributed by atoms with Gasteiger partial charge in [0, 0.05) is 19.2 Å². The average Bonchev–Trinajstić information content (AvgIpc) is 2.40. The Balaban J connectivity index is 2.20. The standard InChI is InChI=1S/C15H22N2O/c1-11(4-3-9-16)12-5-7-14-13(10-12)6-8-15(18)17(14)2/h5,7,10-11H,3-4,6,8-9,16H2,1-2H3. The first-order valence-electron chi connectivity index (χ1n) is 6.73. The van der Waals surface area contributed by atoms with Crippen LogP contribution in [-0.2, 0) is 11.2 Å². The zero-order valence-electron chi connectivity index (χ0n) is 11.3. The lowest BCUT2D eigenvalue weighted by molar-refractivity contribution is -0.118. The highest BCUT2D eigenvalue weighted by atomic mass is 16.2. The van der Waals surface area contributed by atoms with Gasteiger partial charge in [-0.1, -0.05) is 19.1 Å². The molecule has 1 heterocycles. The minimum absolute atomic E-state index is 0.214. The molecule has 1 amide bonds. The lowest BCUT2D eigenvalue weighted by Gasteiger charge is -2.27. The third-order valence-corrected chi connectivity index (χ3v) is 3.86. The largest absolute Gasteiger partial charge is 0.330 e. The van der Waals surface area contributed by atoms with E-state index in [1.54, 1.807) is 4.90 Å². The number of anilines is 1. The summed E-state index contributed by atoms with van der Waals surface area (Å²) in [6, 6.07) is 6.50. The summed E-state index contributed by atoms with van der Waals surface area (Å²) < 4.78 is 0. The summed E-state index contributed by atoms with van der Waals surface area (Å²) in [7, 11) is 1.86. The summed E-state index contributed by atoms with van der Waals surface area (Å²) in [5.41, 5.74) is 9.29. The molecule has 1 aromatic carbocycles. The molecule has 0 aromatic heterocycles. The second kappa shape index (κ2) is 5.53. The van der Waals surface area contributed by atoms with Gasteiger partial charge in [0.1, 0.15) is 0 Å². The monoisotopic (exact) mass is 246 g/mol. The first kappa shape index (κ1) is 13.1. The van der Waals surface area contributed by atoms with E-state index in [0.29, 0.717) is 12.3 Å². The fourth-order valence-electron chi connectivity index (χ4n) is 2.57. The van der Waals surface area contributed by atoms with Crippen LogP contribution in [0, 0.1) is 0 Å². The number of hydrogen-bond acceptors (Lipinski definition) is 2. The Kier molecular flexibility index (Phi) is 4.02. The number of rotatable bonds is 4. The molecular weight excluding hydrogens is 224 g/mol. The SMILES string of the molecule is CC(CCCN)c1ccc2c(c1)CCC(=O)N2C. The predicted octanol–water partition coefficient (Wildman–Crippen LogP) is 2.44. The minimum atomic E-state index is 0.214. The summed E-state index contributed by atoms with van der Waals surface area (Å²) in [5.74, 6) is 0.758. The van der Waals surface area contributed by atoms with Crippen molar-refractivity contribution in [3.05, 3.63) is 29.3 Å². The van der Waals surface area contributed by atoms with Gasteiger partial charge in [-0.3, -0.25) is 4.79 Å². The van der Waals surface area contributed by atoms with E-state index in [1.807, 2.05) is 7.05 Å². The van der Waals surface area contributed by atoms with E-state index < -0.39 is 0 Å². The van der Waals surface area contributed by atoms with E-state index in [9.17, 15) is 4.79 Å². The van der Waals surface area contributed by atoms with Crippen LogP contribution in [0.1, 0.15) is 43.2 Å². The van der Waals surface area contributed by atoms with Crippen molar-refractivity contribution in [2.24, 2.45) is 5.73 Å². The molecule has 0 saturated heterocycles. The van der Waals surface area contributed by atoms with Crippen molar-refractivity contribution in [1.29, 1.82) is 0 Å². The number of amides is 1. The summed E-state index contributed by atoms with van der Waals surface area (Å²) in [4.78, 5) is 13.4. The van der Waals surface area contributed by atoms with Gasteiger partial charge < -0.3 is 10.6 Å². The Labute approximate surface area is 109 Å². The lowest BCUT2D eigenvalue weighted by atomic mass is 9.91. The quantitative estimate of drug-likeness (QED) is 0.887. The number of aryl methyl sites for hydroxylation is 1. The number of benzene rings is 1. The molecule has 1 atom stereocenters. The molecule has 1 aliphatic rings. The Morgan fingerprint density at radius 2 is 2.17 bits per heavy atom. The van der Waals surface area contributed by atoms with Crippen LogP contribution in [0.25, 0.3) is 0 Å². The first-order chi connectivity index (χ1) is 8.63. The number of fused-ring (bicyclic) bond motifs is 1. The Morgan fingerprint density at radius 3 is 2.89 bits per heavy atom. The molecule has 2 rings (SSSR count). The molecule has 1 aromatic rings. The minimum Gasteiger partial charge on any atom is -0.330 e. The highest BCUT2D eigenvalue weighted by Gasteiger charge is 2.21. The van der Waals surface area contributed by atoms with Gasteiger partial charge in [0.05, 0.1) is 0 Å². The maximum Gasteiger partial charge on any atom is 0.227 e. The van der Waals surface area contributed by atoms with Crippen molar-refractivity contribution in [1.82, 2.24) is 0 Å². The van der Waals surface area contributed by atoms with Crippen LogP contribution in [0.5, 0.6) is 0 Å². The third kappa shape index (κ3) is 2.56. The molecule has 0 bridgehead atoms. The average molecular weight is 246 g/mol. The van der Waals surface area contributed by atoms with E-state index in [4.69, 9.17) is 5.73 Å². The highest BCUT2D eigenvalue weighted by molar-refractivity contribution is 5.95. The number of nitrogens with two attached hydrogens (primary N) is 1. The molecule has 3 nitrogen and oxygen atoms in total. The van der Waals surface area contributed by atoms with E-state index in [-0.39, 0.29) is 5.91 Å². The van der Waals surface area contributed by atoms with Crippen LogP contribution in [0.3, 0.4) is 0 Å². The van der Waals surface area contributed by atoms with E-state index in [2.05, 4.69) is 25.1 Å². The van der Waals surface area contributed by atoms with Crippen LogP contribution < -0.4 is 10.6 Å². The lowest BCUT2D eigenvalue weighted by Crippen LogP contribution is -2.31. The maximum absolute atomic E-state index is 11.6. The molecule has 0 radical (unpaired) electrons. The zero-order chi connectivity index (χ0) is 13.1. The smallest absolute Gasteiger partial charge is 0.227 e. The fourth-order valence-corrected chi connectivity index (χ4v) is 2.57. The summed E-state index contributed by atoms with van der Waals surface area (Å²) >= 11 is 0. The summed E-state index contributed by atoms with van der Waals surface area (Å²) in [6.45, 7) is 3.00. The van der Waals surface area contributed by atoms with E-state index >= 15 is 0 Å². The molecule has 0 aliphatic carbocycles. The molecule has 2 N–H and O–H groups in total. The van der Waals surface area contributed by atoms with Gasteiger partial charge in [0.2, 0.25) is 5.91 Å². The second-order valence-corrected chi connectivity index (χ2v) is 5.17. The van der Waals surface area contributed by atoms with Gasteiger partial charge in [-0.2, -0.15) is 0 Å². The topological polar surface area (TPSA) is 46.3 Å². The summed E-state index contributed by atoms with van der Waals surface area (Å²) in [6.07, 6.45) is 3.70. The number of nitrogens with zero attached hydrogens (tertiary/aromatic N) is 1. The Bertz CT molecular complexity index is 442. The van der Waals surface area contributed by atoms with Crippen LogP contribution in [0.4, 0.5) is 5.69 Å². The molecule has 3 heteroatoms. The van der Waals surface area contributed by atoms with Crippen LogP contribution in [0.2, 0.25) is 0 Å². The van der Waals surface area contributed by atoms with E-state index in [0.717, 1.165) is 31.5 Å². The van der Waals surface area contributed by atoms with Crippen molar-refractivity contribution in [3.8, 4) is 0 Å². The van der Waals surface area contributed by atoms with Crippen molar-refractivity contribution < 1.29 is 4.79 Å². The van der Waals surface area contributed by atoms with Gasteiger partial charge in [0.15, 0.2) is 0 Å². The molecule has 0 spiro atoms. The van der Waals surface area contributed by atoms with Crippen molar-refractivity contribution in [2.75, 3.05) is 18.5 Å². The second-order valence-electron chi connectivity index (χ2n) is 5.17. The summed E-state index contributed by atoms with van der Waals surface area (Å²) in [5, 5.41) is 0. The third-order valence-electron chi connectivity index (χ3n) is 3.86. The van der Waals surface area contributed by atoms with Crippen molar-refractivity contribution >= 4 is 11.6 Å². The molecule has 0 fully saturated rings. The Morgan fingerprint density at radius 1 is 1.39 bits per heavy atom. The van der Waals surface area contributed by atoms with Gasteiger partial charge >= 0.3 is 0 Å². The molecule has 18 heavy (non-hydrogen) atoms. The predicted molar refractivity (Wildman–Crippen MR) is 74.9 cm³/mol. The number of carbonyl (C=O) groups is 1. The van der Waals surface area contributed by atoms with Gasteiger partial charge in [-0.05, 0) is 48.9 Å². The fraction of sp³-hybridized carbons (Fsp3) is 0.533. The van der Waals surface area contributed by atoms with Gasteiger partial charge in [-0.25, -0.2) is 0 Å². The Hall–Kier alpha value is -1.35. The molecular formula is C15H22N2O. The number of carbonyl (C=O) groups excluding carboxylic acids is 1. The number of hydrogen-bond donors (Lipinski definition) is 1. The van der Waals surface area contributed by atoms with Crippen LogP contribution in [-0.4, -0.2) is 19.5 Å².